The Hall–Kier alpha value is -1.77. The molecule has 2 aromatic rings. The number of aromatic nitrogens is 2. The first-order chi connectivity index (χ1) is 8.18. The van der Waals surface area contributed by atoms with Gasteiger partial charge in [0, 0.05) is 18.6 Å². The summed E-state index contributed by atoms with van der Waals surface area (Å²) in [6.07, 6.45) is 5.06. The molecule has 0 unspecified atom stereocenters. The second-order valence-electron chi connectivity index (χ2n) is 3.14. The van der Waals surface area contributed by atoms with Gasteiger partial charge in [0.2, 0.25) is 0 Å². The zero-order valence-corrected chi connectivity index (χ0v) is 10.8. The molecule has 17 heavy (non-hydrogen) atoms. The maximum atomic E-state index is 12.1. The molecule has 0 saturated heterocycles. The Morgan fingerprint density at radius 1 is 0.941 bits per heavy atom. The molecule has 0 spiro atoms. The van der Waals surface area contributed by atoms with Gasteiger partial charge in [-0.3, -0.25) is 9.97 Å². The molecule has 1 aromatic carbocycles. The van der Waals surface area contributed by atoms with E-state index in [1.54, 1.807) is 30.7 Å². The molecule has 0 atom stereocenters. The number of halogens is 1. The van der Waals surface area contributed by atoms with Crippen molar-refractivity contribution in [2.75, 3.05) is 0 Å². The summed E-state index contributed by atoms with van der Waals surface area (Å²) in [5.41, 5.74) is 2.05. The van der Waals surface area contributed by atoms with Crippen LogP contribution in [0.2, 0.25) is 0 Å². The van der Waals surface area contributed by atoms with E-state index in [4.69, 9.17) is 0 Å². The molecule has 2 nitrogen and oxygen atoms in total. The SMILES string of the molecule is CC.Cc1ccc(F)cc1.Cc1cnccn1. The van der Waals surface area contributed by atoms with Crippen LogP contribution in [0, 0.1) is 19.7 Å². The van der Waals surface area contributed by atoms with E-state index in [9.17, 15) is 4.39 Å². The third-order valence-corrected chi connectivity index (χ3v) is 1.70. The fourth-order valence-corrected chi connectivity index (χ4v) is 0.907. The summed E-state index contributed by atoms with van der Waals surface area (Å²) in [4.78, 5) is 7.74. The highest BCUT2D eigenvalue weighted by molar-refractivity contribution is 5.13. The van der Waals surface area contributed by atoms with Crippen molar-refractivity contribution in [2.45, 2.75) is 27.7 Å². The second-order valence-corrected chi connectivity index (χ2v) is 3.14. The predicted octanol–water partition coefficient (Wildman–Crippen LogP) is 3.95. The largest absolute Gasteiger partial charge is 0.261 e. The average molecular weight is 234 g/mol. The van der Waals surface area contributed by atoms with Gasteiger partial charge in [-0.1, -0.05) is 31.5 Å². The van der Waals surface area contributed by atoms with E-state index >= 15 is 0 Å². The third kappa shape index (κ3) is 8.08. The number of benzene rings is 1. The van der Waals surface area contributed by atoms with Gasteiger partial charge in [0.15, 0.2) is 0 Å². The molecule has 0 amide bonds. The Bertz CT molecular complexity index is 364. The van der Waals surface area contributed by atoms with Gasteiger partial charge in [0.05, 0.1) is 5.69 Å². The quantitative estimate of drug-likeness (QED) is 0.690. The monoisotopic (exact) mass is 234 g/mol. The molecule has 0 fully saturated rings. The van der Waals surface area contributed by atoms with Crippen LogP contribution in [0.15, 0.2) is 42.9 Å². The average Bonchev–Trinajstić information content (AvgIpc) is 2.37. The van der Waals surface area contributed by atoms with Gasteiger partial charge < -0.3 is 0 Å². The Labute approximate surface area is 103 Å². The van der Waals surface area contributed by atoms with Gasteiger partial charge in [-0.25, -0.2) is 4.39 Å². The first-order valence-corrected chi connectivity index (χ1v) is 5.63. The van der Waals surface area contributed by atoms with Gasteiger partial charge in [-0.15, -0.1) is 0 Å². The minimum absolute atomic E-state index is 0.171. The van der Waals surface area contributed by atoms with Gasteiger partial charge in [-0.05, 0) is 26.0 Å². The fourth-order valence-electron chi connectivity index (χ4n) is 0.907. The normalized spacial score (nSPS) is 8.29. The Balaban J connectivity index is 0.000000265. The van der Waals surface area contributed by atoms with Crippen LogP contribution in [0.5, 0.6) is 0 Å². The van der Waals surface area contributed by atoms with E-state index in [1.165, 1.54) is 12.1 Å². The molecule has 1 aromatic heterocycles. The maximum Gasteiger partial charge on any atom is 0.123 e. The summed E-state index contributed by atoms with van der Waals surface area (Å²) in [5.74, 6) is -0.171. The van der Waals surface area contributed by atoms with E-state index in [1.807, 2.05) is 27.7 Å². The zero-order valence-electron chi connectivity index (χ0n) is 10.8. The Kier molecular flexibility index (Phi) is 8.47. The molecular weight excluding hydrogens is 215 g/mol. The highest BCUT2D eigenvalue weighted by atomic mass is 19.1. The highest BCUT2D eigenvalue weighted by Crippen LogP contribution is 1.98. The first-order valence-electron chi connectivity index (χ1n) is 5.63. The van der Waals surface area contributed by atoms with Gasteiger partial charge in [0.1, 0.15) is 5.82 Å². The van der Waals surface area contributed by atoms with E-state index < -0.39 is 0 Å². The standard InChI is InChI=1S/C7H7F.C5H6N2.C2H6/c1-6-2-4-7(8)5-3-6;1-5-4-6-2-3-7-5;1-2/h2-5H,1H3;2-4H,1H3;1-2H3. The summed E-state index contributed by atoms with van der Waals surface area (Å²) in [5, 5.41) is 0. The molecule has 92 valence electrons. The van der Waals surface area contributed by atoms with Crippen molar-refractivity contribution in [1.29, 1.82) is 0 Å². The molecule has 0 aliphatic carbocycles. The number of hydrogen-bond acceptors (Lipinski definition) is 2. The minimum Gasteiger partial charge on any atom is -0.261 e. The topological polar surface area (TPSA) is 25.8 Å². The van der Waals surface area contributed by atoms with Crippen LogP contribution < -0.4 is 0 Å². The molecule has 3 heteroatoms. The lowest BCUT2D eigenvalue weighted by Gasteiger charge is -1.87. The number of rotatable bonds is 0. The Morgan fingerprint density at radius 2 is 1.53 bits per heavy atom. The third-order valence-electron chi connectivity index (χ3n) is 1.70. The van der Waals surface area contributed by atoms with Crippen molar-refractivity contribution in [1.82, 2.24) is 9.97 Å². The number of nitrogens with zero attached hydrogens (tertiary/aromatic N) is 2. The van der Waals surface area contributed by atoms with Crippen LogP contribution >= 0.6 is 0 Å². The van der Waals surface area contributed by atoms with Crippen molar-refractivity contribution in [3.05, 3.63) is 59.9 Å². The summed E-state index contributed by atoms with van der Waals surface area (Å²) < 4.78 is 12.1. The molecule has 0 aliphatic rings. The second kappa shape index (κ2) is 9.46. The van der Waals surface area contributed by atoms with Crippen LogP contribution in [0.25, 0.3) is 0 Å². The smallest absolute Gasteiger partial charge is 0.123 e. The lowest BCUT2D eigenvalue weighted by molar-refractivity contribution is 0.627. The summed E-state index contributed by atoms with van der Waals surface area (Å²) in [6, 6.07) is 6.40. The van der Waals surface area contributed by atoms with Gasteiger partial charge in [0.25, 0.3) is 0 Å². The predicted molar refractivity (Wildman–Crippen MR) is 69.3 cm³/mol. The molecule has 0 aliphatic heterocycles. The summed E-state index contributed by atoms with van der Waals surface area (Å²) in [6.45, 7) is 7.84. The number of aryl methyl sites for hydroxylation is 2. The van der Waals surface area contributed by atoms with Crippen molar-refractivity contribution in [3.8, 4) is 0 Å². The van der Waals surface area contributed by atoms with Crippen LogP contribution in [-0.4, -0.2) is 9.97 Å². The lowest BCUT2D eigenvalue weighted by atomic mass is 10.2. The molecule has 0 N–H and O–H groups in total. The van der Waals surface area contributed by atoms with Crippen LogP contribution in [0.3, 0.4) is 0 Å². The number of hydrogen-bond donors (Lipinski definition) is 0. The van der Waals surface area contributed by atoms with Crippen molar-refractivity contribution < 1.29 is 4.39 Å². The van der Waals surface area contributed by atoms with Crippen LogP contribution in [-0.2, 0) is 0 Å². The molecular formula is C14H19FN2. The summed E-state index contributed by atoms with van der Waals surface area (Å²) in [7, 11) is 0. The molecule has 0 bridgehead atoms. The molecule has 1 heterocycles. The van der Waals surface area contributed by atoms with E-state index in [2.05, 4.69) is 9.97 Å². The fraction of sp³-hybridized carbons (Fsp3) is 0.286. The van der Waals surface area contributed by atoms with Crippen molar-refractivity contribution in [2.24, 2.45) is 0 Å². The van der Waals surface area contributed by atoms with E-state index in [0.717, 1.165) is 11.3 Å². The van der Waals surface area contributed by atoms with Crippen LogP contribution in [0.4, 0.5) is 4.39 Å². The molecule has 0 saturated carbocycles. The maximum absolute atomic E-state index is 12.1. The summed E-state index contributed by atoms with van der Waals surface area (Å²) >= 11 is 0. The van der Waals surface area contributed by atoms with Crippen molar-refractivity contribution >= 4 is 0 Å². The van der Waals surface area contributed by atoms with E-state index in [-0.39, 0.29) is 5.82 Å². The molecule has 2 rings (SSSR count). The minimum atomic E-state index is -0.171. The highest BCUT2D eigenvalue weighted by Gasteiger charge is 1.83. The van der Waals surface area contributed by atoms with Gasteiger partial charge in [-0.2, -0.15) is 0 Å². The lowest BCUT2D eigenvalue weighted by Crippen LogP contribution is -1.77. The van der Waals surface area contributed by atoms with Crippen LogP contribution in [0.1, 0.15) is 25.1 Å². The van der Waals surface area contributed by atoms with E-state index in [0.29, 0.717) is 0 Å². The zero-order chi connectivity index (χ0) is 13.1. The van der Waals surface area contributed by atoms with Gasteiger partial charge >= 0.3 is 0 Å². The Morgan fingerprint density at radius 3 is 1.82 bits per heavy atom. The molecule has 0 radical (unpaired) electrons. The first kappa shape index (κ1) is 15.2. The van der Waals surface area contributed by atoms with Crippen molar-refractivity contribution in [3.63, 3.8) is 0 Å².